The summed E-state index contributed by atoms with van der Waals surface area (Å²) in [5, 5.41) is 0. The average Bonchev–Trinajstić information content (AvgIpc) is 1.69. The Balaban J connectivity index is 3.60. The molecule has 0 fully saturated rings. The van der Waals surface area contributed by atoms with Gasteiger partial charge in [0.2, 0.25) is 0 Å². The summed E-state index contributed by atoms with van der Waals surface area (Å²) in [4.78, 5) is 3.50. The molecule has 0 spiro atoms. The van der Waals surface area contributed by atoms with Gasteiger partial charge in [0.1, 0.15) is 0 Å². The molecule has 0 unspecified atom stereocenters. The van der Waals surface area contributed by atoms with Gasteiger partial charge in [0.15, 0.2) is 0 Å². The van der Waals surface area contributed by atoms with E-state index in [1.807, 2.05) is 0 Å². The van der Waals surface area contributed by atoms with Gasteiger partial charge >= 0.3 is 6.07 Å². The third-order valence-electron chi connectivity index (χ3n) is 0.342. The number of hydrogen-bond donors (Lipinski definition) is 0. The van der Waals surface area contributed by atoms with Gasteiger partial charge in [-0.05, 0) is 6.08 Å². The highest BCUT2D eigenvalue weighted by molar-refractivity contribution is 5.26. The van der Waals surface area contributed by atoms with E-state index in [0.717, 1.165) is 0 Å². The predicted octanol–water partition coefficient (Wildman–Crippen LogP) is 1.14. The molecule has 0 bridgehead atoms. The van der Waals surface area contributed by atoms with E-state index in [0.29, 0.717) is 0 Å². The van der Waals surface area contributed by atoms with Crippen LogP contribution in [0.4, 0.5) is 0 Å². The monoisotopic (exact) mass is 92.0 g/mol. The van der Waals surface area contributed by atoms with Gasteiger partial charge in [0, 0.05) is 0 Å². The first-order chi connectivity index (χ1) is 3.41. The molecule has 0 rings (SSSR count). The molecule has 0 N–H and O–H groups in total. The van der Waals surface area contributed by atoms with E-state index < -0.39 is 0 Å². The third-order valence-corrected chi connectivity index (χ3v) is 0.342. The molecule has 0 aliphatic heterocycles. The second kappa shape index (κ2) is 4.79. The zero-order valence-electron chi connectivity index (χ0n) is 4.23. The van der Waals surface area contributed by atoms with Gasteiger partial charge < -0.3 is 0 Å². The van der Waals surface area contributed by atoms with Crippen molar-refractivity contribution in [2.24, 2.45) is 0 Å². The molecular formula is C6H6N+. The summed E-state index contributed by atoms with van der Waals surface area (Å²) in [5.41, 5.74) is 0. The normalized spacial score (nSPS) is 4.14. The van der Waals surface area contributed by atoms with E-state index in [1.165, 1.54) is 6.08 Å². The minimum absolute atomic E-state index is 1.50. The minimum atomic E-state index is 1.50. The fourth-order valence-corrected chi connectivity index (χ4v) is 0.139. The molecule has 0 aromatic rings. The van der Waals surface area contributed by atoms with Gasteiger partial charge in [-0.1, -0.05) is 17.3 Å². The van der Waals surface area contributed by atoms with Crippen molar-refractivity contribution in [2.75, 3.05) is 7.05 Å². The van der Waals surface area contributed by atoms with Gasteiger partial charge in [-0.25, -0.2) is 0 Å². The molecule has 0 aromatic carbocycles. The molecule has 0 amide bonds. The van der Waals surface area contributed by atoms with Crippen LogP contribution in [-0.2, 0) is 0 Å². The fourth-order valence-electron chi connectivity index (χ4n) is 0.139. The molecule has 0 saturated heterocycles. The van der Waals surface area contributed by atoms with Crippen molar-refractivity contribution in [3.05, 3.63) is 17.5 Å². The lowest BCUT2D eigenvalue weighted by Gasteiger charge is -1.44. The van der Waals surface area contributed by atoms with Crippen LogP contribution in [0.2, 0.25) is 0 Å². The Labute approximate surface area is 43.5 Å². The first-order valence-corrected chi connectivity index (χ1v) is 1.87. The number of rotatable bonds is 0. The number of nitrogens with zero attached hydrogens (tertiary/aromatic N) is 1. The van der Waals surface area contributed by atoms with Crippen molar-refractivity contribution in [2.45, 2.75) is 0 Å². The predicted molar refractivity (Wildman–Crippen MR) is 31.1 cm³/mol. The van der Waals surface area contributed by atoms with Crippen LogP contribution in [0.3, 0.4) is 0 Å². The van der Waals surface area contributed by atoms with E-state index in [9.17, 15) is 0 Å². The molecule has 1 nitrogen and oxygen atoms in total. The Kier molecular flexibility index (Phi) is 3.96. The first-order valence-electron chi connectivity index (χ1n) is 1.87. The molecule has 0 saturated carbocycles. The lowest BCUT2D eigenvalue weighted by atomic mass is 10.6. The van der Waals surface area contributed by atoms with Crippen LogP contribution in [0.5, 0.6) is 0 Å². The Morgan fingerprint density at radius 1 is 1.71 bits per heavy atom. The third kappa shape index (κ3) is 4.79. The van der Waals surface area contributed by atoms with Gasteiger partial charge in [-0.2, -0.15) is 0 Å². The van der Waals surface area contributed by atoms with E-state index in [4.69, 9.17) is 0 Å². The van der Waals surface area contributed by atoms with Crippen LogP contribution < -0.4 is 0 Å². The fraction of sp³-hybridized carbons (Fsp3) is 0.167. The Hall–Kier alpha value is -1.21. The molecule has 0 radical (unpaired) electrons. The molecule has 1 heteroatoms. The standard InChI is InChI=1S/C6H6N/c1-3-4-5-6-7-2/h3H,1H2,2H3/q+1. The molecule has 34 valence electrons. The van der Waals surface area contributed by atoms with Crippen LogP contribution >= 0.6 is 0 Å². The summed E-state index contributed by atoms with van der Waals surface area (Å²) in [6.07, 6.45) is 1.50. The number of hydrogen-bond acceptors (Lipinski definition) is 0. The summed E-state index contributed by atoms with van der Waals surface area (Å²) in [6.45, 7) is 3.38. The van der Waals surface area contributed by atoms with Crippen LogP contribution in [-0.4, -0.2) is 7.05 Å². The minimum Gasteiger partial charge on any atom is -0.0906 e. The van der Waals surface area contributed by atoms with Crippen molar-refractivity contribution in [1.82, 2.24) is 0 Å². The lowest BCUT2D eigenvalue weighted by molar-refractivity contribution is 1.92. The Morgan fingerprint density at radius 3 is 2.86 bits per heavy atom. The van der Waals surface area contributed by atoms with Crippen molar-refractivity contribution in [3.63, 3.8) is 0 Å². The molecule has 0 atom stereocenters. The zero-order valence-corrected chi connectivity index (χ0v) is 4.23. The summed E-state index contributed by atoms with van der Waals surface area (Å²) in [6, 6.07) is 2.44. The molecule has 0 aromatic heterocycles. The van der Waals surface area contributed by atoms with Gasteiger partial charge in [-0.15, -0.1) is 0 Å². The molecule has 7 heavy (non-hydrogen) atoms. The van der Waals surface area contributed by atoms with Crippen molar-refractivity contribution >= 4 is 0 Å². The van der Waals surface area contributed by atoms with Crippen molar-refractivity contribution < 1.29 is 0 Å². The lowest BCUT2D eigenvalue weighted by Crippen LogP contribution is -1.44. The highest BCUT2D eigenvalue weighted by Gasteiger charge is 1.60. The van der Waals surface area contributed by atoms with E-state index in [-0.39, 0.29) is 0 Å². The maximum absolute atomic E-state index is 3.50. The molecule has 0 aliphatic carbocycles. The Bertz CT molecular complexity index is 158. The van der Waals surface area contributed by atoms with E-state index >= 15 is 0 Å². The second-order valence-electron chi connectivity index (χ2n) is 0.809. The second-order valence-corrected chi connectivity index (χ2v) is 0.809. The molecule has 0 aliphatic rings. The Morgan fingerprint density at radius 2 is 2.43 bits per heavy atom. The van der Waals surface area contributed by atoms with E-state index in [2.05, 4.69) is 29.3 Å². The maximum Gasteiger partial charge on any atom is 0.365 e. The molecular weight excluding hydrogens is 86.1 g/mol. The van der Waals surface area contributed by atoms with Crippen LogP contribution in [0.25, 0.3) is 4.85 Å². The summed E-state index contributed by atoms with van der Waals surface area (Å²) >= 11 is 0. The van der Waals surface area contributed by atoms with Crippen LogP contribution in [0.1, 0.15) is 0 Å². The topological polar surface area (TPSA) is 4.36 Å². The molecule has 0 heterocycles. The summed E-state index contributed by atoms with van der Waals surface area (Å²) < 4.78 is 0. The smallest absolute Gasteiger partial charge is 0.0906 e. The van der Waals surface area contributed by atoms with Crippen molar-refractivity contribution in [1.29, 1.82) is 0 Å². The highest BCUT2D eigenvalue weighted by Crippen LogP contribution is 1.55. The largest absolute Gasteiger partial charge is 0.365 e. The number of allylic oxidation sites excluding steroid dienone is 1. The quantitative estimate of drug-likeness (QED) is 0.395. The van der Waals surface area contributed by atoms with Gasteiger partial charge in [0.05, 0.1) is 5.92 Å². The van der Waals surface area contributed by atoms with Crippen LogP contribution in [0.15, 0.2) is 12.7 Å². The summed E-state index contributed by atoms with van der Waals surface area (Å²) in [7, 11) is 1.62. The van der Waals surface area contributed by atoms with Crippen molar-refractivity contribution in [3.8, 4) is 17.9 Å². The van der Waals surface area contributed by atoms with Crippen LogP contribution in [0, 0.1) is 17.9 Å². The SMILES string of the molecule is C=CC#CC#[N+]C. The highest BCUT2D eigenvalue weighted by atomic mass is 14.6. The van der Waals surface area contributed by atoms with Gasteiger partial charge in [0.25, 0.3) is 7.05 Å². The average molecular weight is 92.1 g/mol. The zero-order chi connectivity index (χ0) is 5.54. The van der Waals surface area contributed by atoms with E-state index in [1.54, 1.807) is 7.05 Å². The summed E-state index contributed by atoms with van der Waals surface area (Å²) in [5.74, 6) is 5.06. The first kappa shape index (κ1) is 5.79. The van der Waals surface area contributed by atoms with Gasteiger partial charge in [-0.3, -0.25) is 0 Å². The maximum atomic E-state index is 3.50.